The first kappa shape index (κ1) is 12.9. The zero-order valence-electron chi connectivity index (χ0n) is 10.8. The molecule has 1 N–H and O–H groups in total. The molecule has 0 bridgehead atoms. The normalized spacial score (nSPS) is 14.6. The maximum atomic E-state index is 6.18. The van der Waals surface area contributed by atoms with Gasteiger partial charge < -0.3 is 5.32 Å². The third-order valence-corrected chi connectivity index (χ3v) is 4.59. The highest BCUT2D eigenvalue weighted by Crippen LogP contribution is 2.39. The van der Waals surface area contributed by atoms with Crippen molar-refractivity contribution in [3.05, 3.63) is 38.9 Å². The van der Waals surface area contributed by atoms with Crippen LogP contribution >= 0.6 is 22.9 Å². The predicted octanol–water partition coefficient (Wildman–Crippen LogP) is 4.03. The van der Waals surface area contributed by atoms with Crippen LogP contribution in [0.25, 0.3) is 0 Å². The first-order chi connectivity index (χ1) is 9.24. The molecule has 1 aliphatic carbocycles. The summed E-state index contributed by atoms with van der Waals surface area (Å²) in [7, 11) is 0. The van der Waals surface area contributed by atoms with Crippen LogP contribution < -0.4 is 5.32 Å². The van der Waals surface area contributed by atoms with Crippen molar-refractivity contribution in [1.29, 1.82) is 0 Å². The van der Waals surface area contributed by atoms with E-state index in [2.05, 4.69) is 32.8 Å². The lowest BCUT2D eigenvalue weighted by Crippen LogP contribution is -2.09. The molecule has 100 valence electrons. The summed E-state index contributed by atoms with van der Waals surface area (Å²) in [6.07, 6.45) is 3.39. The Morgan fingerprint density at radius 2 is 2.26 bits per heavy atom. The molecule has 1 saturated carbocycles. The Morgan fingerprint density at radius 3 is 2.95 bits per heavy atom. The molecule has 0 unspecified atom stereocenters. The molecular weight excluding hydrogens is 278 g/mol. The molecular formula is C14H16ClN3S. The number of nitrogens with zero attached hydrogens (tertiary/aromatic N) is 2. The minimum atomic E-state index is 0.524. The molecule has 3 rings (SSSR count). The van der Waals surface area contributed by atoms with Gasteiger partial charge >= 0.3 is 0 Å². The molecule has 0 amide bonds. The number of aromatic nitrogens is 2. The number of anilines is 1. The fourth-order valence-electron chi connectivity index (χ4n) is 1.96. The van der Waals surface area contributed by atoms with Gasteiger partial charge in [0.05, 0.1) is 0 Å². The van der Waals surface area contributed by atoms with Crippen LogP contribution in [0.1, 0.15) is 35.0 Å². The highest BCUT2D eigenvalue weighted by atomic mass is 35.5. The largest absolute Gasteiger partial charge is 0.369 e. The van der Waals surface area contributed by atoms with Crippen molar-refractivity contribution < 1.29 is 0 Å². The Bertz CT molecular complexity index is 564. The van der Waals surface area contributed by atoms with Crippen molar-refractivity contribution in [3.63, 3.8) is 0 Å². The second kappa shape index (κ2) is 5.47. The standard InChI is InChI=1S/C14H16ClN3S/c1-9-12(15)17-14(10-4-5-10)18-13(9)16-7-6-11-3-2-8-19-11/h2-3,8,10H,4-7H2,1H3,(H,16,17,18). The summed E-state index contributed by atoms with van der Waals surface area (Å²) in [6, 6.07) is 4.24. The van der Waals surface area contributed by atoms with Crippen LogP contribution in [0.3, 0.4) is 0 Å². The fraction of sp³-hybridized carbons (Fsp3) is 0.429. The highest BCUT2D eigenvalue weighted by Gasteiger charge is 2.27. The van der Waals surface area contributed by atoms with Crippen LogP contribution in [0.4, 0.5) is 5.82 Å². The number of rotatable bonds is 5. The quantitative estimate of drug-likeness (QED) is 0.846. The van der Waals surface area contributed by atoms with Gasteiger partial charge in [-0.15, -0.1) is 11.3 Å². The summed E-state index contributed by atoms with van der Waals surface area (Å²) in [5.41, 5.74) is 0.942. The van der Waals surface area contributed by atoms with Crippen LogP contribution in [0.15, 0.2) is 17.5 Å². The Kier molecular flexibility index (Phi) is 3.71. The highest BCUT2D eigenvalue weighted by molar-refractivity contribution is 7.09. The van der Waals surface area contributed by atoms with Crippen molar-refractivity contribution in [2.45, 2.75) is 32.1 Å². The van der Waals surface area contributed by atoms with E-state index in [1.54, 1.807) is 11.3 Å². The van der Waals surface area contributed by atoms with Gasteiger partial charge in [0, 0.05) is 22.9 Å². The molecule has 0 aromatic carbocycles. The van der Waals surface area contributed by atoms with Gasteiger partial charge in [0.1, 0.15) is 16.8 Å². The fourth-order valence-corrected chi connectivity index (χ4v) is 2.85. The minimum absolute atomic E-state index is 0.524. The Hall–Kier alpha value is -1.13. The topological polar surface area (TPSA) is 37.8 Å². The molecule has 0 aliphatic heterocycles. The van der Waals surface area contributed by atoms with Gasteiger partial charge in [0.15, 0.2) is 0 Å². The SMILES string of the molecule is Cc1c(Cl)nc(C2CC2)nc1NCCc1cccs1. The molecule has 2 heterocycles. The van der Waals surface area contributed by atoms with Crippen molar-refractivity contribution in [1.82, 2.24) is 9.97 Å². The summed E-state index contributed by atoms with van der Waals surface area (Å²) < 4.78 is 0. The molecule has 1 aliphatic rings. The monoisotopic (exact) mass is 293 g/mol. The number of hydrogen-bond acceptors (Lipinski definition) is 4. The van der Waals surface area contributed by atoms with E-state index >= 15 is 0 Å². The first-order valence-electron chi connectivity index (χ1n) is 6.54. The van der Waals surface area contributed by atoms with E-state index in [1.807, 2.05) is 6.92 Å². The molecule has 5 heteroatoms. The van der Waals surface area contributed by atoms with Gasteiger partial charge in [-0.05, 0) is 37.6 Å². The molecule has 0 atom stereocenters. The van der Waals surface area contributed by atoms with Crippen LogP contribution in [0, 0.1) is 6.92 Å². The molecule has 1 fully saturated rings. The smallest absolute Gasteiger partial charge is 0.137 e. The Balaban J connectivity index is 1.69. The summed E-state index contributed by atoms with van der Waals surface area (Å²) >= 11 is 7.96. The van der Waals surface area contributed by atoms with E-state index < -0.39 is 0 Å². The van der Waals surface area contributed by atoms with Gasteiger partial charge in [0.2, 0.25) is 0 Å². The maximum Gasteiger partial charge on any atom is 0.137 e. The number of halogens is 1. The zero-order valence-corrected chi connectivity index (χ0v) is 12.4. The number of thiophene rings is 1. The zero-order chi connectivity index (χ0) is 13.2. The van der Waals surface area contributed by atoms with Crippen molar-refractivity contribution >= 4 is 28.8 Å². The molecule has 0 radical (unpaired) electrons. The van der Waals surface area contributed by atoms with Gasteiger partial charge in [-0.25, -0.2) is 9.97 Å². The molecule has 0 saturated heterocycles. The average molecular weight is 294 g/mol. The van der Waals surface area contributed by atoms with Gasteiger partial charge in [0.25, 0.3) is 0 Å². The number of nitrogens with one attached hydrogen (secondary N) is 1. The van der Waals surface area contributed by atoms with E-state index in [9.17, 15) is 0 Å². The molecule has 19 heavy (non-hydrogen) atoms. The molecule has 3 nitrogen and oxygen atoms in total. The summed E-state index contributed by atoms with van der Waals surface area (Å²) in [5, 5.41) is 6.07. The Labute approximate surface area is 122 Å². The van der Waals surface area contributed by atoms with E-state index in [1.165, 1.54) is 17.7 Å². The third-order valence-electron chi connectivity index (χ3n) is 3.29. The van der Waals surface area contributed by atoms with Crippen LogP contribution in [-0.2, 0) is 6.42 Å². The van der Waals surface area contributed by atoms with Crippen molar-refractivity contribution in [2.75, 3.05) is 11.9 Å². The molecule has 2 aromatic heterocycles. The lowest BCUT2D eigenvalue weighted by atomic mass is 10.3. The predicted molar refractivity (Wildman–Crippen MR) is 80.3 cm³/mol. The second-order valence-corrected chi connectivity index (χ2v) is 6.27. The van der Waals surface area contributed by atoms with Gasteiger partial charge in [-0.1, -0.05) is 17.7 Å². The van der Waals surface area contributed by atoms with E-state index in [0.717, 1.165) is 30.2 Å². The summed E-state index contributed by atoms with van der Waals surface area (Å²) in [5.74, 6) is 2.31. The van der Waals surface area contributed by atoms with E-state index in [-0.39, 0.29) is 0 Å². The maximum absolute atomic E-state index is 6.18. The lowest BCUT2D eigenvalue weighted by molar-refractivity contribution is 0.907. The van der Waals surface area contributed by atoms with Crippen LogP contribution in [0.2, 0.25) is 5.15 Å². The van der Waals surface area contributed by atoms with Crippen LogP contribution in [0.5, 0.6) is 0 Å². The summed E-state index contributed by atoms with van der Waals surface area (Å²) in [6.45, 7) is 2.84. The number of hydrogen-bond donors (Lipinski definition) is 1. The first-order valence-corrected chi connectivity index (χ1v) is 7.80. The van der Waals surface area contributed by atoms with Crippen LogP contribution in [-0.4, -0.2) is 16.5 Å². The lowest BCUT2D eigenvalue weighted by Gasteiger charge is -2.10. The van der Waals surface area contributed by atoms with Crippen molar-refractivity contribution in [2.24, 2.45) is 0 Å². The van der Waals surface area contributed by atoms with Crippen molar-refractivity contribution in [3.8, 4) is 0 Å². The van der Waals surface area contributed by atoms with E-state index in [4.69, 9.17) is 11.6 Å². The van der Waals surface area contributed by atoms with E-state index in [0.29, 0.717) is 11.1 Å². The van der Waals surface area contributed by atoms with Gasteiger partial charge in [-0.2, -0.15) is 0 Å². The van der Waals surface area contributed by atoms with Gasteiger partial charge in [-0.3, -0.25) is 0 Å². The summed E-state index contributed by atoms with van der Waals surface area (Å²) in [4.78, 5) is 10.4. The third kappa shape index (κ3) is 3.07. The molecule has 2 aromatic rings. The second-order valence-electron chi connectivity index (χ2n) is 4.88. The Morgan fingerprint density at radius 1 is 1.42 bits per heavy atom. The average Bonchev–Trinajstić information content (AvgIpc) is 3.12. The molecule has 0 spiro atoms. The minimum Gasteiger partial charge on any atom is -0.369 e.